The lowest BCUT2D eigenvalue weighted by atomic mass is 9.81. The van der Waals surface area contributed by atoms with Gasteiger partial charge in [0.2, 0.25) is 23.6 Å². The van der Waals surface area contributed by atoms with Crippen molar-refractivity contribution in [2.24, 2.45) is 11.8 Å². The van der Waals surface area contributed by atoms with E-state index in [2.05, 4.69) is 5.32 Å². The fraction of sp³-hybridized carbons (Fsp3) is 0.417. The normalized spacial score (nSPS) is 20.6. The number of hydrogen-bond donors (Lipinski definition) is 1. The SMILES string of the molecule is CN(CC(=O)Nc1cccc2ccccc12)C(=O)CCN1C(=O)[C@@H]2CCCC[C@H]2C1=O. The first kappa shape index (κ1) is 21.0. The molecule has 7 heteroatoms. The van der Waals surface area contributed by atoms with E-state index in [0.717, 1.165) is 36.5 Å². The van der Waals surface area contributed by atoms with Gasteiger partial charge in [0.05, 0.1) is 18.4 Å². The monoisotopic (exact) mass is 421 g/mol. The molecule has 0 bridgehead atoms. The van der Waals surface area contributed by atoms with Crippen molar-refractivity contribution in [2.75, 3.05) is 25.5 Å². The molecule has 4 rings (SSSR count). The zero-order valence-electron chi connectivity index (χ0n) is 17.7. The number of likely N-dealkylation sites (tertiary alicyclic amines) is 1. The summed E-state index contributed by atoms with van der Waals surface area (Å²) in [6.07, 6.45) is 3.49. The van der Waals surface area contributed by atoms with Crippen LogP contribution in [0.3, 0.4) is 0 Å². The van der Waals surface area contributed by atoms with Crippen LogP contribution in [0.1, 0.15) is 32.1 Å². The van der Waals surface area contributed by atoms with Crippen LogP contribution in [0.25, 0.3) is 10.8 Å². The van der Waals surface area contributed by atoms with Crippen LogP contribution in [0.5, 0.6) is 0 Å². The number of nitrogens with one attached hydrogen (secondary N) is 1. The Balaban J connectivity index is 1.31. The number of benzene rings is 2. The predicted molar refractivity (Wildman–Crippen MR) is 117 cm³/mol. The van der Waals surface area contributed by atoms with E-state index >= 15 is 0 Å². The molecule has 2 fully saturated rings. The molecule has 0 aromatic heterocycles. The Morgan fingerprint density at radius 3 is 2.35 bits per heavy atom. The Morgan fingerprint density at radius 2 is 1.65 bits per heavy atom. The standard InChI is InChI=1S/C24H27N3O4/c1-26(15-21(28)25-20-12-6-8-16-7-2-3-9-17(16)20)22(29)13-14-27-23(30)18-10-4-5-11-19(18)24(27)31/h2-3,6-9,12,18-19H,4-5,10-11,13-15H2,1H3,(H,25,28)/t18-,19-/m1/s1. The number of nitrogens with zero attached hydrogens (tertiary/aromatic N) is 2. The second-order valence-electron chi connectivity index (χ2n) is 8.40. The third kappa shape index (κ3) is 4.31. The minimum absolute atomic E-state index is 0.0228. The maximum absolute atomic E-state index is 12.5. The lowest BCUT2D eigenvalue weighted by Crippen LogP contribution is -2.38. The summed E-state index contributed by atoms with van der Waals surface area (Å²) in [5.74, 6) is -1.27. The van der Waals surface area contributed by atoms with Crippen molar-refractivity contribution in [1.82, 2.24) is 9.80 Å². The van der Waals surface area contributed by atoms with Gasteiger partial charge in [0, 0.05) is 31.1 Å². The van der Waals surface area contributed by atoms with Gasteiger partial charge < -0.3 is 10.2 Å². The number of fused-ring (bicyclic) bond motifs is 2. The largest absolute Gasteiger partial charge is 0.336 e. The van der Waals surface area contributed by atoms with Gasteiger partial charge in [0.15, 0.2) is 0 Å². The minimum atomic E-state index is -0.299. The lowest BCUT2D eigenvalue weighted by molar-refractivity contribution is -0.141. The van der Waals surface area contributed by atoms with Gasteiger partial charge in [-0.1, -0.05) is 49.2 Å². The molecule has 7 nitrogen and oxygen atoms in total. The molecular formula is C24H27N3O4. The molecule has 1 saturated heterocycles. The fourth-order valence-corrected chi connectivity index (χ4v) is 4.68. The van der Waals surface area contributed by atoms with E-state index in [1.54, 1.807) is 7.05 Å². The van der Waals surface area contributed by atoms with Crippen molar-refractivity contribution in [3.05, 3.63) is 42.5 Å². The molecule has 2 atom stereocenters. The average Bonchev–Trinajstić information content (AvgIpc) is 3.02. The van der Waals surface area contributed by atoms with Gasteiger partial charge >= 0.3 is 0 Å². The Hall–Kier alpha value is -3.22. The number of carbonyl (C=O) groups is 4. The molecule has 1 aliphatic carbocycles. The third-order valence-electron chi connectivity index (χ3n) is 6.35. The molecule has 162 valence electrons. The number of carbonyl (C=O) groups excluding carboxylic acids is 4. The van der Waals surface area contributed by atoms with Crippen molar-refractivity contribution < 1.29 is 19.2 Å². The maximum Gasteiger partial charge on any atom is 0.243 e. The van der Waals surface area contributed by atoms with Gasteiger partial charge in [0.1, 0.15) is 0 Å². The summed E-state index contributed by atoms with van der Waals surface area (Å²) in [4.78, 5) is 52.7. The van der Waals surface area contributed by atoms with Crippen LogP contribution >= 0.6 is 0 Å². The van der Waals surface area contributed by atoms with E-state index in [0.29, 0.717) is 5.69 Å². The summed E-state index contributed by atoms with van der Waals surface area (Å²) >= 11 is 0. The lowest BCUT2D eigenvalue weighted by Gasteiger charge is -2.19. The maximum atomic E-state index is 12.5. The third-order valence-corrected chi connectivity index (χ3v) is 6.35. The highest BCUT2D eigenvalue weighted by Crippen LogP contribution is 2.38. The average molecular weight is 421 g/mol. The van der Waals surface area contributed by atoms with Crippen LogP contribution in [0.15, 0.2) is 42.5 Å². The van der Waals surface area contributed by atoms with Crippen molar-refractivity contribution in [1.29, 1.82) is 0 Å². The molecule has 2 aromatic carbocycles. The van der Waals surface area contributed by atoms with Crippen LogP contribution in [0.4, 0.5) is 5.69 Å². The molecule has 0 radical (unpaired) electrons. The summed E-state index contributed by atoms with van der Waals surface area (Å²) in [7, 11) is 1.55. The van der Waals surface area contributed by atoms with Crippen molar-refractivity contribution in [3.8, 4) is 0 Å². The Kier molecular flexibility index (Phi) is 6.02. The van der Waals surface area contributed by atoms with E-state index in [9.17, 15) is 19.2 Å². The topological polar surface area (TPSA) is 86.8 Å². The zero-order valence-corrected chi connectivity index (χ0v) is 17.7. The summed E-state index contributed by atoms with van der Waals surface area (Å²) in [5.41, 5.74) is 0.694. The number of anilines is 1. The van der Waals surface area contributed by atoms with Crippen LogP contribution in [-0.4, -0.2) is 53.6 Å². The van der Waals surface area contributed by atoms with Gasteiger partial charge in [-0.05, 0) is 24.3 Å². The van der Waals surface area contributed by atoms with E-state index in [4.69, 9.17) is 0 Å². The van der Waals surface area contributed by atoms with Crippen LogP contribution < -0.4 is 5.32 Å². The number of hydrogen-bond acceptors (Lipinski definition) is 4. The van der Waals surface area contributed by atoms with Crippen molar-refractivity contribution >= 4 is 40.1 Å². The molecule has 2 aliphatic rings. The van der Waals surface area contributed by atoms with Crippen LogP contribution in [0, 0.1) is 11.8 Å². The van der Waals surface area contributed by atoms with Crippen LogP contribution in [-0.2, 0) is 19.2 Å². The van der Waals surface area contributed by atoms with Gasteiger partial charge in [-0.15, -0.1) is 0 Å². The Bertz CT molecular complexity index is 1010. The Morgan fingerprint density at radius 1 is 1.00 bits per heavy atom. The highest BCUT2D eigenvalue weighted by molar-refractivity contribution is 6.06. The van der Waals surface area contributed by atoms with Gasteiger partial charge in [-0.2, -0.15) is 0 Å². The summed E-state index contributed by atoms with van der Waals surface area (Å²) in [6.45, 7) is -0.0199. The molecule has 4 amide bonds. The molecule has 31 heavy (non-hydrogen) atoms. The van der Waals surface area contributed by atoms with Crippen molar-refractivity contribution in [2.45, 2.75) is 32.1 Å². The molecule has 1 heterocycles. The van der Waals surface area contributed by atoms with Crippen molar-refractivity contribution in [3.63, 3.8) is 0 Å². The first-order chi connectivity index (χ1) is 15.0. The van der Waals surface area contributed by atoms with E-state index in [1.165, 1.54) is 9.80 Å². The molecule has 1 saturated carbocycles. The number of rotatable bonds is 6. The fourth-order valence-electron chi connectivity index (χ4n) is 4.68. The highest BCUT2D eigenvalue weighted by atomic mass is 16.2. The van der Waals surface area contributed by atoms with E-state index in [1.807, 2.05) is 42.5 Å². The second-order valence-corrected chi connectivity index (χ2v) is 8.40. The summed E-state index contributed by atoms with van der Waals surface area (Å²) in [6, 6.07) is 13.4. The minimum Gasteiger partial charge on any atom is -0.336 e. The molecule has 0 spiro atoms. The molecule has 2 aromatic rings. The smallest absolute Gasteiger partial charge is 0.243 e. The molecule has 1 aliphatic heterocycles. The zero-order chi connectivity index (χ0) is 22.0. The van der Waals surface area contributed by atoms with E-state index < -0.39 is 0 Å². The van der Waals surface area contributed by atoms with Gasteiger partial charge in [0.25, 0.3) is 0 Å². The van der Waals surface area contributed by atoms with E-state index in [-0.39, 0.29) is 55.0 Å². The van der Waals surface area contributed by atoms with Gasteiger partial charge in [-0.3, -0.25) is 24.1 Å². The van der Waals surface area contributed by atoms with Crippen LogP contribution in [0.2, 0.25) is 0 Å². The summed E-state index contributed by atoms with van der Waals surface area (Å²) in [5, 5.41) is 4.81. The number of amides is 4. The summed E-state index contributed by atoms with van der Waals surface area (Å²) < 4.78 is 0. The first-order valence-corrected chi connectivity index (χ1v) is 10.8. The highest BCUT2D eigenvalue weighted by Gasteiger charge is 2.47. The second kappa shape index (κ2) is 8.88. The Labute approximate surface area is 181 Å². The number of imide groups is 1. The molecule has 1 N–H and O–H groups in total. The quantitative estimate of drug-likeness (QED) is 0.727. The number of likely N-dealkylation sites (N-methyl/N-ethyl adjacent to an activating group) is 1. The predicted octanol–water partition coefficient (Wildman–Crippen LogP) is 2.80. The molecular weight excluding hydrogens is 394 g/mol. The van der Waals surface area contributed by atoms with Gasteiger partial charge in [-0.25, -0.2) is 0 Å². The first-order valence-electron chi connectivity index (χ1n) is 10.8. The molecule has 0 unspecified atom stereocenters.